The number of nitrogens with one attached hydrogen (secondary N) is 2. The van der Waals surface area contributed by atoms with Crippen molar-refractivity contribution in [1.29, 1.82) is 0 Å². The topological polar surface area (TPSA) is 89.6 Å². The van der Waals surface area contributed by atoms with Crippen molar-refractivity contribution in [2.75, 3.05) is 24.9 Å². The number of carbonyl (C=O) groups is 2. The monoisotopic (exact) mass is 391 g/mol. The van der Waals surface area contributed by atoms with Crippen LogP contribution in [0.3, 0.4) is 0 Å². The first-order valence-electron chi connectivity index (χ1n) is 8.86. The van der Waals surface area contributed by atoms with Gasteiger partial charge in [0.05, 0.1) is 31.0 Å². The second-order valence-corrected chi connectivity index (χ2v) is 6.30. The lowest BCUT2D eigenvalue weighted by molar-refractivity contribution is 0.102. The van der Waals surface area contributed by atoms with E-state index in [4.69, 9.17) is 9.47 Å². The van der Waals surface area contributed by atoms with E-state index in [2.05, 4.69) is 15.6 Å². The molecule has 0 spiro atoms. The number of hydrogen-bond donors (Lipinski definition) is 2. The lowest BCUT2D eigenvalue weighted by atomic mass is 10.1. The number of hydrogen-bond acceptors (Lipinski definition) is 5. The zero-order valence-corrected chi connectivity index (χ0v) is 16.4. The summed E-state index contributed by atoms with van der Waals surface area (Å²) in [5.41, 5.74) is 2.72. The third-order valence-electron chi connectivity index (χ3n) is 4.23. The van der Waals surface area contributed by atoms with Gasteiger partial charge in [0, 0.05) is 24.1 Å². The Labute approximate surface area is 168 Å². The van der Waals surface area contributed by atoms with Crippen LogP contribution < -0.4 is 20.1 Å². The van der Waals surface area contributed by atoms with Crippen molar-refractivity contribution in [3.05, 3.63) is 77.6 Å². The first kappa shape index (κ1) is 19.9. The van der Waals surface area contributed by atoms with Crippen LogP contribution in [0.4, 0.5) is 11.4 Å². The van der Waals surface area contributed by atoms with E-state index in [1.807, 2.05) is 31.2 Å². The van der Waals surface area contributed by atoms with Gasteiger partial charge in [-0.1, -0.05) is 17.7 Å². The van der Waals surface area contributed by atoms with Gasteiger partial charge in [-0.05, 0) is 37.3 Å². The maximum Gasteiger partial charge on any atom is 0.257 e. The fourth-order valence-corrected chi connectivity index (χ4v) is 2.63. The molecule has 1 heterocycles. The average Bonchev–Trinajstić information content (AvgIpc) is 2.75. The molecular formula is C22H21N3O4. The van der Waals surface area contributed by atoms with Gasteiger partial charge in [-0.15, -0.1) is 0 Å². The van der Waals surface area contributed by atoms with Gasteiger partial charge >= 0.3 is 0 Å². The molecule has 3 aromatic rings. The van der Waals surface area contributed by atoms with E-state index in [9.17, 15) is 9.59 Å². The molecule has 7 nitrogen and oxygen atoms in total. The van der Waals surface area contributed by atoms with Crippen LogP contribution in [0.5, 0.6) is 11.5 Å². The molecule has 2 amide bonds. The van der Waals surface area contributed by atoms with Gasteiger partial charge in [0.25, 0.3) is 11.8 Å². The normalized spacial score (nSPS) is 10.2. The van der Waals surface area contributed by atoms with Crippen LogP contribution in [0.1, 0.15) is 26.3 Å². The van der Waals surface area contributed by atoms with Crippen molar-refractivity contribution in [2.24, 2.45) is 0 Å². The van der Waals surface area contributed by atoms with Gasteiger partial charge < -0.3 is 20.1 Å². The molecule has 29 heavy (non-hydrogen) atoms. The van der Waals surface area contributed by atoms with E-state index in [1.165, 1.54) is 32.7 Å². The average molecular weight is 391 g/mol. The van der Waals surface area contributed by atoms with Gasteiger partial charge in [-0.3, -0.25) is 14.6 Å². The van der Waals surface area contributed by atoms with Crippen molar-refractivity contribution in [3.8, 4) is 11.5 Å². The molecule has 0 atom stereocenters. The zero-order valence-electron chi connectivity index (χ0n) is 16.4. The molecule has 0 aliphatic heterocycles. The van der Waals surface area contributed by atoms with Crippen LogP contribution in [0, 0.1) is 6.92 Å². The fourth-order valence-electron chi connectivity index (χ4n) is 2.63. The smallest absolute Gasteiger partial charge is 0.257 e. The second kappa shape index (κ2) is 8.88. The van der Waals surface area contributed by atoms with Crippen LogP contribution in [-0.2, 0) is 0 Å². The summed E-state index contributed by atoms with van der Waals surface area (Å²) >= 11 is 0. The van der Waals surface area contributed by atoms with Gasteiger partial charge in [0.15, 0.2) is 0 Å². The van der Waals surface area contributed by atoms with E-state index < -0.39 is 5.91 Å². The summed E-state index contributed by atoms with van der Waals surface area (Å²) in [6, 6.07) is 14.0. The number of ether oxygens (including phenoxy) is 2. The zero-order chi connectivity index (χ0) is 20.8. The molecule has 0 fully saturated rings. The molecule has 2 aromatic carbocycles. The van der Waals surface area contributed by atoms with Gasteiger partial charge in [0.2, 0.25) is 0 Å². The van der Waals surface area contributed by atoms with Crippen LogP contribution >= 0.6 is 0 Å². The second-order valence-electron chi connectivity index (χ2n) is 6.30. The van der Waals surface area contributed by atoms with Crippen molar-refractivity contribution < 1.29 is 19.1 Å². The Morgan fingerprint density at radius 3 is 2.10 bits per heavy atom. The van der Waals surface area contributed by atoms with E-state index in [-0.39, 0.29) is 17.0 Å². The van der Waals surface area contributed by atoms with Gasteiger partial charge in [0.1, 0.15) is 11.5 Å². The van der Waals surface area contributed by atoms with Crippen LogP contribution in [-0.4, -0.2) is 31.0 Å². The Morgan fingerprint density at radius 2 is 1.48 bits per heavy atom. The first-order chi connectivity index (χ1) is 14.0. The molecule has 1 aromatic heterocycles. The molecule has 0 aliphatic carbocycles. The summed E-state index contributed by atoms with van der Waals surface area (Å²) in [4.78, 5) is 29.2. The molecule has 0 radical (unpaired) electrons. The van der Waals surface area contributed by atoms with Gasteiger partial charge in [-0.25, -0.2) is 0 Å². The van der Waals surface area contributed by atoms with Gasteiger partial charge in [-0.2, -0.15) is 0 Å². The number of nitrogens with zero attached hydrogens (tertiary/aromatic N) is 1. The molecule has 7 heteroatoms. The maximum atomic E-state index is 12.7. The molecular weight excluding hydrogens is 370 g/mol. The quantitative estimate of drug-likeness (QED) is 0.665. The SMILES string of the molecule is COc1ccc(OC)c(NC(=O)c2cncc(C(=O)Nc3ccc(C)cc3)c2)c1. The number of aromatic nitrogens is 1. The molecule has 3 rings (SSSR count). The summed E-state index contributed by atoms with van der Waals surface area (Å²) in [5.74, 6) is 0.287. The van der Waals surface area contributed by atoms with E-state index in [1.54, 1.807) is 18.2 Å². The Bertz CT molecular complexity index is 1030. The molecule has 0 bridgehead atoms. The van der Waals surface area contributed by atoms with Crippen molar-refractivity contribution in [3.63, 3.8) is 0 Å². The Balaban J connectivity index is 1.77. The summed E-state index contributed by atoms with van der Waals surface area (Å²) in [5, 5.41) is 5.55. The standard InChI is InChI=1S/C22H21N3O4/c1-14-4-6-17(7-5-14)24-21(26)15-10-16(13-23-12-15)22(27)25-19-11-18(28-2)8-9-20(19)29-3/h4-13H,1-3H3,(H,24,26)(H,25,27). The van der Waals surface area contributed by atoms with E-state index in [0.29, 0.717) is 22.9 Å². The Morgan fingerprint density at radius 1 is 0.828 bits per heavy atom. The van der Waals surface area contributed by atoms with Crippen LogP contribution in [0.25, 0.3) is 0 Å². The molecule has 0 aliphatic rings. The minimum absolute atomic E-state index is 0.242. The predicted octanol–water partition coefficient (Wildman–Crippen LogP) is 3.91. The summed E-state index contributed by atoms with van der Waals surface area (Å²) in [6.45, 7) is 1.97. The number of benzene rings is 2. The Kier molecular flexibility index (Phi) is 6.09. The number of methoxy groups -OCH3 is 2. The van der Waals surface area contributed by atoms with Crippen LogP contribution in [0.15, 0.2) is 60.9 Å². The first-order valence-corrected chi connectivity index (χ1v) is 8.86. The molecule has 2 N–H and O–H groups in total. The third-order valence-corrected chi connectivity index (χ3v) is 4.23. The predicted molar refractivity (Wildman–Crippen MR) is 111 cm³/mol. The highest BCUT2D eigenvalue weighted by Crippen LogP contribution is 2.29. The third kappa shape index (κ3) is 4.90. The minimum Gasteiger partial charge on any atom is -0.497 e. The maximum absolute atomic E-state index is 12.7. The number of anilines is 2. The van der Waals surface area contributed by atoms with Crippen molar-refractivity contribution in [2.45, 2.75) is 6.92 Å². The van der Waals surface area contributed by atoms with Crippen molar-refractivity contribution >= 4 is 23.2 Å². The van der Waals surface area contributed by atoms with E-state index >= 15 is 0 Å². The number of carbonyl (C=O) groups excluding carboxylic acids is 2. The number of pyridine rings is 1. The lowest BCUT2D eigenvalue weighted by Gasteiger charge is -2.12. The molecule has 148 valence electrons. The molecule has 0 unspecified atom stereocenters. The number of aryl methyl sites for hydroxylation is 1. The summed E-state index contributed by atoms with van der Waals surface area (Å²) < 4.78 is 10.5. The lowest BCUT2D eigenvalue weighted by Crippen LogP contribution is -2.16. The summed E-state index contributed by atoms with van der Waals surface area (Å²) in [6.07, 6.45) is 2.80. The minimum atomic E-state index is -0.422. The van der Waals surface area contributed by atoms with E-state index in [0.717, 1.165) is 5.56 Å². The largest absolute Gasteiger partial charge is 0.497 e. The number of amides is 2. The van der Waals surface area contributed by atoms with Crippen molar-refractivity contribution in [1.82, 2.24) is 4.98 Å². The summed E-state index contributed by atoms with van der Waals surface area (Å²) in [7, 11) is 3.04. The highest BCUT2D eigenvalue weighted by atomic mass is 16.5. The molecule has 0 saturated heterocycles. The Hall–Kier alpha value is -3.87. The highest BCUT2D eigenvalue weighted by Gasteiger charge is 2.14. The fraction of sp³-hybridized carbons (Fsp3) is 0.136. The number of rotatable bonds is 6. The molecule has 0 saturated carbocycles. The van der Waals surface area contributed by atoms with Crippen LogP contribution in [0.2, 0.25) is 0 Å². The highest BCUT2D eigenvalue weighted by molar-refractivity contribution is 6.08.